The lowest BCUT2D eigenvalue weighted by molar-refractivity contribution is 0.326. The Morgan fingerprint density at radius 1 is 1.32 bits per heavy atom. The van der Waals surface area contributed by atoms with Crippen molar-refractivity contribution in [3.8, 4) is 0 Å². The molecule has 100 valence electrons. The fraction of sp³-hybridized carbons (Fsp3) is 0.583. The molecule has 0 bridgehead atoms. The lowest BCUT2D eigenvalue weighted by Crippen LogP contribution is -2.28. The van der Waals surface area contributed by atoms with Crippen LogP contribution in [0.5, 0.6) is 0 Å². The van der Waals surface area contributed by atoms with Gasteiger partial charge in [0.2, 0.25) is 0 Å². The van der Waals surface area contributed by atoms with Gasteiger partial charge in [0.05, 0.1) is 0 Å². The topological polar surface area (TPSA) is 58.4 Å². The molecule has 1 unspecified atom stereocenters. The minimum absolute atomic E-state index is 0.444. The van der Waals surface area contributed by atoms with Crippen molar-refractivity contribution in [1.29, 1.82) is 0 Å². The Hall–Kier alpha value is -1.40. The van der Waals surface area contributed by atoms with Crippen LogP contribution < -0.4 is 5.32 Å². The van der Waals surface area contributed by atoms with Crippen molar-refractivity contribution in [3.63, 3.8) is 0 Å². The van der Waals surface area contributed by atoms with Gasteiger partial charge < -0.3 is 5.32 Å². The number of halogens is 1. The minimum Gasteiger partial charge on any atom is -0.366 e. The monoisotopic (exact) mass is 278 g/mol. The number of fused-ring (bicyclic) bond motifs is 1. The highest BCUT2D eigenvalue weighted by atomic mass is 35.5. The predicted octanol–water partition coefficient (Wildman–Crippen LogP) is 1.43. The van der Waals surface area contributed by atoms with Crippen molar-refractivity contribution in [1.82, 2.24) is 24.5 Å². The van der Waals surface area contributed by atoms with Gasteiger partial charge in [-0.25, -0.2) is 0 Å². The summed E-state index contributed by atoms with van der Waals surface area (Å²) >= 11 is 6.01. The number of aromatic nitrogens is 4. The number of anilines is 1. The van der Waals surface area contributed by atoms with Crippen LogP contribution in [0.4, 0.5) is 5.82 Å². The van der Waals surface area contributed by atoms with Gasteiger partial charge in [-0.15, -0.1) is 0 Å². The van der Waals surface area contributed by atoms with Crippen LogP contribution in [0.1, 0.15) is 19.3 Å². The molecule has 1 N–H and O–H groups in total. The van der Waals surface area contributed by atoms with Crippen molar-refractivity contribution < 1.29 is 0 Å². The number of hydrogen-bond donors (Lipinski definition) is 1. The van der Waals surface area contributed by atoms with Crippen LogP contribution in [-0.4, -0.2) is 49.7 Å². The Labute approximate surface area is 115 Å². The van der Waals surface area contributed by atoms with Crippen LogP contribution in [0, 0.1) is 0 Å². The molecule has 3 heterocycles. The Balaban J connectivity index is 1.56. The summed E-state index contributed by atoms with van der Waals surface area (Å²) in [5.41, 5.74) is 0. The molecule has 1 saturated heterocycles. The summed E-state index contributed by atoms with van der Waals surface area (Å²) in [5.74, 6) is 1.40. The van der Waals surface area contributed by atoms with Crippen molar-refractivity contribution in [2.75, 3.05) is 18.4 Å². The fourth-order valence-electron chi connectivity index (χ4n) is 2.77. The Bertz CT molecular complexity index is 607. The maximum absolute atomic E-state index is 6.01. The van der Waals surface area contributed by atoms with Gasteiger partial charge in [0, 0.05) is 31.2 Å². The van der Waals surface area contributed by atoms with Gasteiger partial charge in [-0.1, -0.05) is 11.6 Å². The molecule has 2 fully saturated rings. The van der Waals surface area contributed by atoms with Crippen LogP contribution in [0.3, 0.4) is 0 Å². The van der Waals surface area contributed by atoms with Crippen molar-refractivity contribution in [2.45, 2.75) is 31.3 Å². The summed E-state index contributed by atoms with van der Waals surface area (Å²) in [4.78, 5) is 10.8. The molecular weight excluding hydrogens is 264 g/mol. The van der Waals surface area contributed by atoms with Crippen LogP contribution in [0.25, 0.3) is 5.78 Å². The molecule has 1 atom stereocenters. The molecule has 1 aliphatic carbocycles. The SMILES string of the molecule is Clc1cc(NC2CCN(C3CC3)C2)n2ncnc2n1. The molecule has 7 heteroatoms. The summed E-state index contributed by atoms with van der Waals surface area (Å²) in [5, 5.41) is 8.14. The highest BCUT2D eigenvalue weighted by molar-refractivity contribution is 6.29. The maximum Gasteiger partial charge on any atom is 0.255 e. The highest BCUT2D eigenvalue weighted by Gasteiger charge is 2.34. The van der Waals surface area contributed by atoms with E-state index in [1.54, 1.807) is 4.52 Å². The zero-order chi connectivity index (χ0) is 12.8. The summed E-state index contributed by atoms with van der Waals surface area (Å²) in [6.07, 6.45) is 5.38. The first-order valence-electron chi connectivity index (χ1n) is 6.66. The Kier molecular flexibility index (Phi) is 2.60. The zero-order valence-corrected chi connectivity index (χ0v) is 11.2. The van der Waals surface area contributed by atoms with Crippen LogP contribution in [0.2, 0.25) is 5.15 Å². The average molecular weight is 279 g/mol. The Morgan fingerprint density at radius 3 is 3.05 bits per heavy atom. The molecule has 0 amide bonds. The van der Waals surface area contributed by atoms with Crippen LogP contribution in [0.15, 0.2) is 12.4 Å². The van der Waals surface area contributed by atoms with E-state index in [4.69, 9.17) is 11.6 Å². The van der Waals surface area contributed by atoms with E-state index in [0.717, 1.165) is 24.8 Å². The van der Waals surface area contributed by atoms with Crippen LogP contribution >= 0.6 is 11.6 Å². The van der Waals surface area contributed by atoms with E-state index in [-0.39, 0.29) is 0 Å². The molecule has 2 aromatic heterocycles. The second-order valence-electron chi connectivity index (χ2n) is 5.29. The van der Waals surface area contributed by atoms with Crippen LogP contribution in [-0.2, 0) is 0 Å². The summed E-state index contributed by atoms with van der Waals surface area (Å²) in [7, 11) is 0. The van der Waals surface area contributed by atoms with Gasteiger partial charge in [0.15, 0.2) is 0 Å². The quantitative estimate of drug-likeness (QED) is 0.861. The number of nitrogens with one attached hydrogen (secondary N) is 1. The summed E-state index contributed by atoms with van der Waals surface area (Å²) in [6.45, 7) is 2.28. The lowest BCUT2D eigenvalue weighted by Gasteiger charge is -2.17. The first-order valence-corrected chi connectivity index (χ1v) is 7.04. The summed E-state index contributed by atoms with van der Waals surface area (Å²) in [6, 6.07) is 3.09. The van der Waals surface area contributed by atoms with E-state index < -0.39 is 0 Å². The second-order valence-corrected chi connectivity index (χ2v) is 5.68. The smallest absolute Gasteiger partial charge is 0.255 e. The highest BCUT2D eigenvalue weighted by Crippen LogP contribution is 2.30. The van der Waals surface area contributed by atoms with Gasteiger partial charge in [-0.2, -0.15) is 19.6 Å². The third kappa shape index (κ3) is 2.15. The summed E-state index contributed by atoms with van der Waals surface area (Å²) < 4.78 is 1.70. The van der Waals surface area contributed by atoms with Gasteiger partial charge >= 0.3 is 0 Å². The fourth-order valence-corrected chi connectivity index (χ4v) is 2.95. The molecule has 2 aliphatic rings. The lowest BCUT2D eigenvalue weighted by atomic mass is 10.2. The van der Waals surface area contributed by atoms with E-state index in [0.29, 0.717) is 17.0 Å². The van der Waals surface area contributed by atoms with Gasteiger partial charge in [-0.3, -0.25) is 4.90 Å². The van der Waals surface area contributed by atoms with Gasteiger partial charge in [0.25, 0.3) is 5.78 Å². The molecule has 6 nitrogen and oxygen atoms in total. The van der Waals surface area contributed by atoms with Gasteiger partial charge in [0.1, 0.15) is 17.3 Å². The molecule has 1 saturated carbocycles. The van der Waals surface area contributed by atoms with E-state index >= 15 is 0 Å². The standard InChI is InChI=1S/C12H15ClN6/c13-10-5-11(19-12(17-10)14-7-15-19)16-8-3-4-18(6-8)9-1-2-9/h5,7-9,16H,1-4,6H2. The number of rotatable bonds is 3. The first kappa shape index (κ1) is 11.4. The number of hydrogen-bond acceptors (Lipinski definition) is 5. The van der Waals surface area contributed by atoms with Gasteiger partial charge in [-0.05, 0) is 19.3 Å². The molecule has 1 aliphatic heterocycles. The molecule has 2 aromatic rings. The third-order valence-electron chi connectivity index (χ3n) is 3.86. The molecular formula is C12H15ClN6. The van der Waals surface area contributed by atoms with Crippen molar-refractivity contribution in [3.05, 3.63) is 17.5 Å². The molecule has 4 rings (SSSR count). The van der Waals surface area contributed by atoms with E-state index in [9.17, 15) is 0 Å². The normalized spacial score (nSPS) is 24.2. The average Bonchev–Trinajstić information content (AvgIpc) is 2.95. The first-order chi connectivity index (χ1) is 9.29. The predicted molar refractivity (Wildman–Crippen MR) is 72.4 cm³/mol. The molecule has 19 heavy (non-hydrogen) atoms. The molecule has 0 radical (unpaired) electrons. The van der Waals surface area contributed by atoms with Crippen molar-refractivity contribution >= 4 is 23.2 Å². The molecule has 0 spiro atoms. The van der Waals surface area contributed by atoms with E-state index in [2.05, 4.69) is 25.3 Å². The largest absolute Gasteiger partial charge is 0.366 e. The van der Waals surface area contributed by atoms with E-state index in [1.807, 2.05) is 6.07 Å². The number of nitrogens with zero attached hydrogens (tertiary/aromatic N) is 5. The third-order valence-corrected chi connectivity index (χ3v) is 4.05. The number of likely N-dealkylation sites (tertiary alicyclic amines) is 1. The van der Waals surface area contributed by atoms with E-state index in [1.165, 1.54) is 25.7 Å². The minimum atomic E-state index is 0.444. The Morgan fingerprint density at radius 2 is 2.21 bits per heavy atom. The maximum atomic E-state index is 6.01. The zero-order valence-electron chi connectivity index (χ0n) is 10.5. The molecule has 0 aromatic carbocycles. The van der Waals surface area contributed by atoms with Crippen molar-refractivity contribution in [2.24, 2.45) is 0 Å². The second kappa shape index (κ2) is 4.31.